The molecule has 1 unspecified atom stereocenters. The van der Waals surface area contributed by atoms with E-state index >= 15 is 0 Å². The number of nitrogens with zero attached hydrogens (tertiary/aromatic N) is 5. The number of benzene rings is 2. The van der Waals surface area contributed by atoms with Gasteiger partial charge in [-0.25, -0.2) is 4.79 Å². The van der Waals surface area contributed by atoms with Crippen LogP contribution in [0.4, 0.5) is 0 Å². The summed E-state index contributed by atoms with van der Waals surface area (Å²) < 4.78 is 0. The lowest BCUT2D eigenvalue weighted by atomic mass is 9.95. The minimum absolute atomic E-state index is 0.209. The van der Waals surface area contributed by atoms with E-state index in [0.29, 0.717) is 51.6 Å². The van der Waals surface area contributed by atoms with E-state index in [2.05, 4.69) is 5.32 Å². The Labute approximate surface area is 332 Å². The van der Waals surface area contributed by atoms with Gasteiger partial charge < -0.3 is 30.0 Å². The summed E-state index contributed by atoms with van der Waals surface area (Å²) >= 11 is 0. The summed E-state index contributed by atoms with van der Waals surface area (Å²) in [5.41, 5.74) is 1.83. The number of hydrogen-bond donors (Lipinski definition) is 2. The van der Waals surface area contributed by atoms with Crippen molar-refractivity contribution >= 4 is 35.5 Å². The van der Waals surface area contributed by atoms with Crippen LogP contribution in [-0.2, 0) is 41.6 Å². The van der Waals surface area contributed by atoms with Gasteiger partial charge in [-0.15, -0.1) is 0 Å². The maximum Gasteiger partial charge on any atom is 0.326 e. The molecule has 2 aliphatic heterocycles. The highest BCUT2D eigenvalue weighted by molar-refractivity contribution is 5.97. The Balaban J connectivity index is 1.58. The molecule has 2 aromatic rings. The lowest BCUT2D eigenvalue weighted by Crippen LogP contribution is -2.61. The molecule has 56 heavy (non-hydrogen) atoms. The summed E-state index contributed by atoms with van der Waals surface area (Å²) in [7, 11) is 6.79. The van der Waals surface area contributed by atoms with Crippen LogP contribution in [0.5, 0.6) is 0 Å². The zero-order chi connectivity index (χ0) is 41.3. The average Bonchev–Trinajstić information content (AvgIpc) is 3.88. The largest absolute Gasteiger partial charge is 0.480 e. The van der Waals surface area contributed by atoms with Crippen LogP contribution in [0.15, 0.2) is 60.7 Å². The summed E-state index contributed by atoms with van der Waals surface area (Å²) in [6, 6.07) is 13.9. The number of carboxylic acid groups (broad SMARTS) is 1. The summed E-state index contributed by atoms with van der Waals surface area (Å²) in [5, 5.41) is 12.8. The third-order valence-corrected chi connectivity index (χ3v) is 11.6. The summed E-state index contributed by atoms with van der Waals surface area (Å²) in [4.78, 5) is 91.0. The highest BCUT2D eigenvalue weighted by atomic mass is 16.4. The molecule has 0 radical (unpaired) electrons. The fourth-order valence-corrected chi connectivity index (χ4v) is 8.25. The van der Waals surface area contributed by atoms with Gasteiger partial charge in [-0.3, -0.25) is 28.9 Å². The summed E-state index contributed by atoms with van der Waals surface area (Å²) in [6.45, 7) is 8.11. The molecular formula is C43H62N6O7. The van der Waals surface area contributed by atoms with E-state index in [1.54, 1.807) is 14.1 Å². The van der Waals surface area contributed by atoms with Gasteiger partial charge in [0.25, 0.3) is 0 Å². The minimum Gasteiger partial charge on any atom is -0.480 e. The van der Waals surface area contributed by atoms with Gasteiger partial charge >= 0.3 is 5.97 Å². The highest BCUT2D eigenvalue weighted by Crippen LogP contribution is 2.28. The lowest BCUT2D eigenvalue weighted by Gasteiger charge is -2.40. The van der Waals surface area contributed by atoms with Gasteiger partial charge in [-0.2, -0.15) is 0 Å². The number of carbonyl (C=O) groups excluding carboxylic acids is 5. The van der Waals surface area contributed by atoms with Crippen LogP contribution in [0, 0.1) is 11.8 Å². The Bertz CT molecular complexity index is 1670. The van der Waals surface area contributed by atoms with E-state index in [9.17, 15) is 33.9 Å². The van der Waals surface area contributed by atoms with Crippen molar-refractivity contribution in [1.29, 1.82) is 0 Å². The number of rotatable bonds is 17. The SMILES string of the molecule is CCC(C)[C@@H](C(=O)N1CCC[C@H]1C(=O)O)N(C)C(=O)[C@@H]1CCCN1C(=O)[C@H](C(C)C)N(C)C(=O)[C@@H](Cc1ccccc1)NC(=O)[C@H](Cc1ccccc1)N(C)C. The van der Waals surface area contributed by atoms with Crippen LogP contribution in [0.1, 0.15) is 70.9 Å². The third-order valence-electron chi connectivity index (χ3n) is 11.6. The second-order valence-electron chi connectivity index (χ2n) is 16.1. The number of nitrogens with one attached hydrogen (secondary N) is 1. The molecule has 2 heterocycles. The van der Waals surface area contributed by atoms with E-state index in [0.717, 1.165) is 11.1 Å². The predicted octanol–water partition coefficient (Wildman–Crippen LogP) is 3.31. The number of aliphatic carboxylic acids is 1. The van der Waals surface area contributed by atoms with Crippen LogP contribution >= 0.6 is 0 Å². The minimum atomic E-state index is -1.06. The molecule has 306 valence electrons. The first-order valence-corrected chi connectivity index (χ1v) is 20.0. The van der Waals surface area contributed by atoms with Gasteiger partial charge in [0.1, 0.15) is 30.2 Å². The second kappa shape index (κ2) is 19.9. The zero-order valence-electron chi connectivity index (χ0n) is 34.4. The fraction of sp³-hybridized carbons (Fsp3) is 0.581. The maximum absolute atomic E-state index is 14.6. The highest BCUT2D eigenvalue weighted by Gasteiger charge is 2.46. The molecule has 13 heteroatoms. The topological polar surface area (TPSA) is 151 Å². The monoisotopic (exact) mass is 774 g/mol. The van der Waals surface area contributed by atoms with Crippen molar-refractivity contribution < 1.29 is 33.9 Å². The van der Waals surface area contributed by atoms with E-state index < -0.39 is 54.0 Å². The second-order valence-corrected chi connectivity index (χ2v) is 16.1. The molecule has 2 aliphatic rings. The molecule has 13 nitrogen and oxygen atoms in total. The molecule has 0 bridgehead atoms. The lowest BCUT2D eigenvalue weighted by molar-refractivity contribution is -0.157. The first kappa shape index (κ1) is 43.9. The first-order chi connectivity index (χ1) is 26.6. The Morgan fingerprint density at radius 2 is 1.23 bits per heavy atom. The third kappa shape index (κ3) is 10.3. The van der Waals surface area contributed by atoms with Gasteiger partial charge in [-0.1, -0.05) is 94.8 Å². The maximum atomic E-state index is 14.6. The van der Waals surface area contributed by atoms with Gasteiger partial charge in [0.05, 0.1) is 6.04 Å². The smallest absolute Gasteiger partial charge is 0.326 e. The van der Waals surface area contributed by atoms with Crippen molar-refractivity contribution in [2.45, 2.75) is 109 Å². The molecule has 2 saturated heterocycles. The van der Waals surface area contributed by atoms with Crippen LogP contribution in [0.2, 0.25) is 0 Å². The quantitative estimate of drug-likeness (QED) is 0.249. The van der Waals surface area contributed by atoms with Crippen LogP contribution in [-0.4, -0.2) is 143 Å². The molecule has 2 N–H and O–H groups in total. The summed E-state index contributed by atoms with van der Waals surface area (Å²) in [5.74, 6) is -3.56. The normalized spacial score (nSPS) is 19.6. The predicted molar refractivity (Wildman–Crippen MR) is 214 cm³/mol. The molecule has 7 atom stereocenters. The number of carbonyl (C=O) groups is 6. The molecule has 2 fully saturated rings. The van der Waals surface area contributed by atoms with Crippen LogP contribution < -0.4 is 5.32 Å². The average molecular weight is 775 g/mol. The molecule has 0 aromatic heterocycles. The van der Waals surface area contributed by atoms with Crippen molar-refractivity contribution in [3.05, 3.63) is 71.8 Å². The van der Waals surface area contributed by atoms with Crippen molar-refractivity contribution in [1.82, 2.24) is 29.8 Å². The standard InChI is InChI=1S/C43H62N6O7/c1-9-29(4)37(42(54)49-25-17-23-34(49)43(55)56)47(8)40(52)33-22-16-24-48(33)41(53)36(28(2)3)46(7)39(51)32(26-30-18-12-10-13-19-30)44-38(50)35(45(5)6)27-31-20-14-11-15-21-31/h10-15,18-21,28-29,32-37H,9,16-17,22-27H2,1-8H3,(H,44,50)(H,55,56)/t29?,32-,33+,34+,35+,36+,37+/m1/s1. The molecular weight excluding hydrogens is 713 g/mol. The Morgan fingerprint density at radius 1 is 0.732 bits per heavy atom. The number of hydrogen-bond acceptors (Lipinski definition) is 7. The van der Waals surface area contributed by atoms with Gasteiger partial charge in [-0.05, 0) is 69.2 Å². The molecule has 2 aromatic carbocycles. The molecule has 4 rings (SSSR count). The van der Waals surface area contributed by atoms with Crippen molar-refractivity contribution in [3.63, 3.8) is 0 Å². The zero-order valence-corrected chi connectivity index (χ0v) is 34.4. The van der Waals surface area contributed by atoms with E-state index in [-0.39, 0.29) is 36.0 Å². The van der Waals surface area contributed by atoms with E-state index in [1.165, 1.54) is 19.6 Å². The number of amides is 5. The van der Waals surface area contributed by atoms with E-state index in [4.69, 9.17) is 0 Å². The molecule has 0 saturated carbocycles. The Kier molecular flexibility index (Phi) is 15.6. The van der Waals surface area contributed by atoms with Gasteiger partial charge in [0.2, 0.25) is 29.5 Å². The fourth-order valence-electron chi connectivity index (χ4n) is 8.25. The van der Waals surface area contributed by atoms with Crippen LogP contribution in [0.25, 0.3) is 0 Å². The van der Waals surface area contributed by atoms with Crippen molar-refractivity contribution in [3.8, 4) is 0 Å². The Morgan fingerprint density at radius 3 is 1.73 bits per heavy atom. The van der Waals surface area contributed by atoms with E-state index in [1.807, 2.05) is 107 Å². The molecule has 0 spiro atoms. The Hall–Kier alpha value is -4.78. The van der Waals surface area contributed by atoms with Gasteiger partial charge in [0, 0.05) is 33.6 Å². The number of likely N-dealkylation sites (tertiary alicyclic amines) is 2. The number of likely N-dealkylation sites (N-methyl/N-ethyl adjacent to an activating group) is 3. The first-order valence-electron chi connectivity index (χ1n) is 20.0. The van der Waals surface area contributed by atoms with Crippen molar-refractivity contribution in [2.75, 3.05) is 41.3 Å². The van der Waals surface area contributed by atoms with Crippen LogP contribution in [0.3, 0.4) is 0 Å². The van der Waals surface area contributed by atoms with Gasteiger partial charge in [0.15, 0.2) is 0 Å². The molecule has 0 aliphatic carbocycles. The summed E-state index contributed by atoms with van der Waals surface area (Å²) in [6.07, 6.45) is 3.11. The van der Waals surface area contributed by atoms with Crippen molar-refractivity contribution in [2.24, 2.45) is 11.8 Å². The molecule has 5 amide bonds. The number of carboxylic acids is 1.